The summed E-state index contributed by atoms with van der Waals surface area (Å²) in [7, 11) is 3.09. The Morgan fingerprint density at radius 3 is 2.43 bits per heavy atom. The molecule has 3 rings (SSSR count). The van der Waals surface area contributed by atoms with Crippen molar-refractivity contribution in [2.45, 2.75) is 19.4 Å². The number of ketones is 1. The molecule has 1 atom stereocenters. The summed E-state index contributed by atoms with van der Waals surface area (Å²) in [4.78, 5) is 27.1. The van der Waals surface area contributed by atoms with E-state index in [4.69, 9.17) is 9.47 Å². The zero-order chi connectivity index (χ0) is 21.8. The highest BCUT2D eigenvalue weighted by Crippen LogP contribution is 2.40. The first kappa shape index (κ1) is 21.5. The summed E-state index contributed by atoms with van der Waals surface area (Å²) in [6.07, 6.45) is 0.517. The highest BCUT2D eigenvalue weighted by atomic mass is 19.1. The van der Waals surface area contributed by atoms with Crippen LogP contribution in [0.15, 0.2) is 48.0 Å². The molecule has 1 amide bonds. The van der Waals surface area contributed by atoms with Gasteiger partial charge in [0.1, 0.15) is 17.3 Å². The van der Waals surface area contributed by atoms with Gasteiger partial charge in [-0.2, -0.15) is 0 Å². The van der Waals surface area contributed by atoms with E-state index >= 15 is 0 Å². The second-order valence-electron chi connectivity index (χ2n) is 7.07. The highest BCUT2D eigenvalue weighted by Gasteiger charge is 2.45. The lowest BCUT2D eigenvalue weighted by Crippen LogP contribution is -2.31. The molecule has 2 aromatic carbocycles. The van der Waals surface area contributed by atoms with E-state index in [0.29, 0.717) is 35.5 Å². The van der Waals surface area contributed by atoms with Gasteiger partial charge in [-0.3, -0.25) is 9.59 Å². The molecule has 1 N–H and O–H groups in total. The molecule has 1 fully saturated rings. The van der Waals surface area contributed by atoms with Gasteiger partial charge in [-0.25, -0.2) is 4.39 Å². The molecule has 6 nitrogen and oxygen atoms in total. The van der Waals surface area contributed by atoms with Gasteiger partial charge in [-0.15, -0.1) is 0 Å². The molecule has 0 aromatic heterocycles. The van der Waals surface area contributed by atoms with Crippen LogP contribution in [0.1, 0.15) is 29.2 Å². The van der Waals surface area contributed by atoms with Gasteiger partial charge in [0.2, 0.25) is 0 Å². The molecule has 7 heteroatoms. The first-order valence-electron chi connectivity index (χ1n) is 9.56. The third-order valence-electron chi connectivity index (χ3n) is 5.16. The van der Waals surface area contributed by atoms with Crippen LogP contribution in [0.3, 0.4) is 0 Å². The van der Waals surface area contributed by atoms with Crippen LogP contribution in [-0.4, -0.2) is 49.1 Å². The lowest BCUT2D eigenvalue weighted by Gasteiger charge is -2.25. The Bertz CT molecular complexity index is 984. The molecule has 30 heavy (non-hydrogen) atoms. The van der Waals surface area contributed by atoms with Crippen molar-refractivity contribution in [3.05, 3.63) is 70.5 Å². The highest BCUT2D eigenvalue weighted by molar-refractivity contribution is 6.46. The number of nitrogens with zero attached hydrogens (tertiary/aromatic N) is 1. The minimum Gasteiger partial charge on any atom is -0.507 e. The Balaban J connectivity index is 2.13. The summed E-state index contributed by atoms with van der Waals surface area (Å²) < 4.78 is 23.7. The minimum absolute atomic E-state index is 0.0164. The number of Topliss-reactive ketones (excluding diaryl/α,β-unsaturated/α-hetero) is 1. The normalized spacial score (nSPS) is 18.1. The number of hydrogen-bond donors (Lipinski definition) is 1. The van der Waals surface area contributed by atoms with Crippen molar-refractivity contribution >= 4 is 17.4 Å². The number of amides is 1. The molecule has 0 bridgehead atoms. The number of carbonyl (C=O) groups excluding carboxylic acids is 2. The van der Waals surface area contributed by atoms with Crippen molar-refractivity contribution in [3.63, 3.8) is 0 Å². The van der Waals surface area contributed by atoms with Crippen molar-refractivity contribution in [2.24, 2.45) is 0 Å². The van der Waals surface area contributed by atoms with Gasteiger partial charge in [0.25, 0.3) is 11.7 Å². The maximum Gasteiger partial charge on any atom is 0.295 e. The summed E-state index contributed by atoms with van der Waals surface area (Å²) >= 11 is 0. The number of aliphatic hydroxyl groups excluding tert-OH is 1. The fourth-order valence-corrected chi connectivity index (χ4v) is 3.66. The van der Waals surface area contributed by atoms with E-state index in [1.165, 1.54) is 36.3 Å². The second kappa shape index (κ2) is 9.09. The van der Waals surface area contributed by atoms with Crippen molar-refractivity contribution in [2.75, 3.05) is 27.4 Å². The van der Waals surface area contributed by atoms with Crippen LogP contribution >= 0.6 is 0 Å². The predicted octanol–water partition coefficient (Wildman–Crippen LogP) is 3.60. The van der Waals surface area contributed by atoms with Crippen molar-refractivity contribution < 1.29 is 28.6 Å². The Morgan fingerprint density at radius 2 is 1.83 bits per heavy atom. The first-order chi connectivity index (χ1) is 14.4. The topological polar surface area (TPSA) is 76.1 Å². The minimum atomic E-state index is -0.816. The maximum atomic E-state index is 13.5. The SMILES string of the molecule is COCCCN1C(=O)C(=O)C(=C(O)c2ccc(OC)cc2C)C1c1ccc(F)cc1. The number of aryl methyl sites for hydroxylation is 1. The molecule has 0 saturated carbocycles. The molecule has 2 aromatic rings. The van der Waals surface area contributed by atoms with Crippen LogP contribution < -0.4 is 4.74 Å². The van der Waals surface area contributed by atoms with E-state index < -0.39 is 23.5 Å². The Kier molecular flexibility index (Phi) is 6.52. The summed E-state index contributed by atoms with van der Waals surface area (Å²) in [6, 6.07) is 9.80. The van der Waals surface area contributed by atoms with Crippen LogP contribution in [0.5, 0.6) is 5.75 Å². The lowest BCUT2D eigenvalue weighted by molar-refractivity contribution is -0.140. The molecule has 158 valence electrons. The van der Waals surface area contributed by atoms with Crippen LogP contribution in [0.25, 0.3) is 5.76 Å². The number of likely N-dealkylation sites (tertiary alicyclic amines) is 1. The van der Waals surface area contributed by atoms with Gasteiger partial charge < -0.3 is 19.5 Å². The van der Waals surface area contributed by atoms with Gasteiger partial charge in [-0.05, 0) is 54.8 Å². The largest absolute Gasteiger partial charge is 0.507 e. The summed E-state index contributed by atoms with van der Waals surface area (Å²) in [6.45, 7) is 2.45. The first-order valence-corrected chi connectivity index (χ1v) is 9.56. The third kappa shape index (κ3) is 4.07. The standard InChI is InChI=1S/C23H24FNO5/c1-14-13-17(30-3)9-10-18(14)21(26)19-20(15-5-7-16(24)8-6-15)25(11-4-12-29-2)23(28)22(19)27/h5-10,13,20,26H,4,11-12H2,1-3H3. The molecule has 0 radical (unpaired) electrons. The third-order valence-corrected chi connectivity index (χ3v) is 5.16. The Morgan fingerprint density at radius 1 is 1.13 bits per heavy atom. The van der Waals surface area contributed by atoms with E-state index in [1.807, 2.05) is 0 Å². The lowest BCUT2D eigenvalue weighted by atomic mass is 9.94. The molecule has 1 unspecified atom stereocenters. The van der Waals surface area contributed by atoms with Gasteiger partial charge in [0.15, 0.2) is 0 Å². The molecule has 0 spiro atoms. The molecule has 1 saturated heterocycles. The van der Waals surface area contributed by atoms with Crippen LogP contribution in [0.2, 0.25) is 0 Å². The smallest absolute Gasteiger partial charge is 0.295 e. The van der Waals surface area contributed by atoms with Gasteiger partial charge >= 0.3 is 0 Å². The van der Waals surface area contributed by atoms with E-state index in [1.54, 1.807) is 32.2 Å². The summed E-state index contributed by atoms with van der Waals surface area (Å²) in [5.74, 6) is -1.56. The molecule has 1 heterocycles. The summed E-state index contributed by atoms with van der Waals surface area (Å²) in [5.41, 5.74) is 1.64. The van der Waals surface area contributed by atoms with Crippen LogP contribution in [0, 0.1) is 12.7 Å². The van der Waals surface area contributed by atoms with Gasteiger partial charge in [0, 0.05) is 25.8 Å². The average Bonchev–Trinajstić information content (AvgIpc) is 2.99. The van der Waals surface area contributed by atoms with Crippen molar-refractivity contribution in [3.8, 4) is 5.75 Å². The van der Waals surface area contributed by atoms with Crippen molar-refractivity contribution in [1.29, 1.82) is 0 Å². The molecule has 1 aliphatic heterocycles. The molecule has 0 aliphatic carbocycles. The summed E-state index contributed by atoms with van der Waals surface area (Å²) in [5, 5.41) is 11.1. The van der Waals surface area contributed by atoms with E-state index in [-0.39, 0.29) is 17.9 Å². The van der Waals surface area contributed by atoms with E-state index in [2.05, 4.69) is 0 Å². The fourth-order valence-electron chi connectivity index (χ4n) is 3.66. The Labute approximate surface area is 174 Å². The van der Waals surface area contributed by atoms with E-state index in [0.717, 1.165) is 0 Å². The number of benzene rings is 2. The number of ether oxygens (including phenoxy) is 2. The molecule has 1 aliphatic rings. The zero-order valence-electron chi connectivity index (χ0n) is 17.1. The van der Waals surface area contributed by atoms with Crippen molar-refractivity contribution in [1.82, 2.24) is 4.90 Å². The van der Waals surface area contributed by atoms with Gasteiger partial charge in [0.05, 0.1) is 18.7 Å². The number of rotatable bonds is 7. The number of methoxy groups -OCH3 is 2. The molecular weight excluding hydrogens is 389 g/mol. The second-order valence-corrected chi connectivity index (χ2v) is 7.07. The predicted molar refractivity (Wildman–Crippen MR) is 110 cm³/mol. The number of hydrogen-bond acceptors (Lipinski definition) is 5. The van der Waals surface area contributed by atoms with E-state index in [9.17, 15) is 19.1 Å². The number of halogens is 1. The zero-order valence-corrected chi connectivity index (χ0v) is 17.1. The van der Waals surface area contributed by atoms with Crippen LogP contribution in [0.4, 0.5) is 4.39 Å². The maximum absolute atomic E-state index is 13.5. The van der Waals surface area contributed by atoms with Crippen LogP contribution in [-0.2, 0) is 14.3 Å². The quantitative estimate of drug-likeness (QED) is 0.325. The Hall–Kier alpha value is -3.19. The number of aliphatic hydroxyl groups is 1. The average molecular weight is 413 g/mol. The fraction of sp³-hybridized carbons (Fsp3) is 0.304. The monoisotopic (exact) mass is 413 g/mol. The van der Waals surface area contributed by atoms with Gasteiger partial charge in [-0.1, -0.05) is 12.1 Å². The number of carbonyl (C=O) groups is 2. The molecular formula is C23H24FNO5.